The minimum absolute atomic E-state index is 0.0392. The second kappa shape index (κ2) is 9.62. The van der Waals surface area contributed by atoms with Gasteiger partial charge in [0, 0.05) is 18.9 Å². The summed E-state index contributed by atoms with van der Waals surface area (Å²) < 4.78 is 4.97. The van der Waals surface area contributed by atoms with Crippen LogP contribution in [0.3, 0.4) is 0 Å². The van der Waals surface area contributed by atoms with Crippen LogP contribution in [-0.4, -0.2) is 29.2 Å². The van der Waals surface area contributed by atoms with Crippen molar-refractivity contribution in [2.75, 3.05) is 12.4 Å². The summed E-state index contributed by atoms with van der Waals surface area (Å²) in [5, 5.41) is 20.7. The molecule has 0 radical (unpaired) electrons. The molecule has 0 bridgehead atoms. The Bertz CT molecular complexity index is 505. The van der Waals surface area contributed by atoms with Crippen LogP contribution in [0.25, 0.3) is 0 Å². The molecule has 2 amide bonds. The molecular weight excluding hydrogens is 288 g/mol. The average Bonchev–Trinajstić information content (AvgIpc) is 2.52. The van der Waals surface area contributed by atoms with E-state index in [9.17, 15) is 14.7 Å². The van der Waals surface area contributed by atoms with Crippen LogP contribution in [0.4, 0.5) is 5.69 Å². The molecule has 0 saturated carbocycles. The quantitative estimate of drug-likeness (QED) is 0.242. The molecule has 1 aromatic rings. The van der Waals surface area contributed by atoms with Crippen LogP contribution in [0.15, 0.2) is 18.2 Å². The third-order valence-electron chi connectivity index (χ3n) is 3.16. The van der Waals surface area contributed by atoms with Gasteiger partial charge in [0.15, 0.2) is 0 Å². The lowest BCUT2D eigenvalue weighted by atomic mass is 10.1. The number of benzene rings is 1. The van der Waals surface area contributed by atoms with Crippen molar-refractivity contribution in [1.82, 2.24) is 5.48 Å². The maximum atomic E-state index is 11.8. The zero-order valence-electron chi connectivity index (χ0n) is 12.6. The van der Waals surface area contributed by atoms with E-state index in [1.54, 1.807) is 17.6 Å². The number of phenolic OH excluding ortho intramolecular Hbond substituents is 1. The number of carbonyl (C=O) groups excluding carboxylic acids is 2. The van der Waals surface area contributed by atoms with Gasteiger partial charge in [-0.3, -0.25) is 14.8 Å². The second-order valence-corrected chi connectivity index (χ2v) is 4.88. The molecule has 22 heavy (non-hydrogen) atoms. The topological polar surface area (TPSA) is 108 Å². The molecule has 4 N–H and O–H groups in total. The van der Waals surface area contributed by atoms with Crippen molar-refractivity contribution in [3.63, 3.8) is 0 Å². The Balaban J connectivity index is 2.22. The number of aromatic hydroxyl groups is 1. The van der Waals surface area contributed by atoms with Crippen LogP contribution in [0.2, 0.25) is 0 Å². The molecule has 0 aliphatic rings. The van der Waals surface area contributed by atoms with Crippen LogP contribution >= 0.6 is 0 Å². The normalized spacial score (nSPS) is 10.1. The molecule has 1 rings (SSSR count). The monoisotopic (exact) mass is 310 g/mol. The molecule has 0 aliphatic heterocycles. The standard InChI is InChI=1S/C15H22N2O5/c1-22-11-8-9-12(13(18)10-11)16-14(19)6-4-2-3-5-7-15(20)17-21/h8-10,18,21H,2-7H2,1H3,(H,16,19)(H,17,20). The van der Waals surface area contributed by atoms with Crippen molar-refractivity contribution < 1.29 is 24.6 Å². The van der Waals surface area contributed by atoms with E-state index in [1.165, 1.54) is 13.2 Å². The maximum Gasteiger partial charge on any atom is 0.243 e. The van der Waals surface area contributed by atoms with Crippen molar-refractivity contribution in [3.05, 3.63) is 18.2 Å². The summed E-state index contributed by atoms with van der Waals surface area (Å²) in [6, 6.07) is 4.67. The number of nitrogens with one attached hydrogen (secondary N) is 2. The predicted molar refractivity (Wildman–Crippen MR) is 80.9 cm³/mol. The summed E-state index contributed by atoms with van der Waals surface area (Å²) in [6.07, 6.45) is 3.63. The average molecular weight is 310 g/mol. The second-order valence-electron chi connectivity index (χ2n) is 4.88. The maximum absolute atomic E-state index is 11.8. The molecule has 7 nitrogen and oxygen atoms in total. The lowest BCUT2D eigenvalue weighted by Gasteiger charge is -2.08. The van der Waals surface area contributed by atoms with Gasteiger partial charge in [-0.25, -0.2) is 5.48 Å². The van der Waals surface area contributed by atoms with Gasteiger partial charge in [0.2, 0.25) is 11.8 Å². The van der Waals surface area contributed by atoms with E-state index in [0.717, 1.165) is 12.8 Å². The molecule has 0 saturated heterocycles. The number of hydrogen-bond donors (Lipinski definition) is 4. The first kappa shape index (κ1) is 17.8. The molecule has 0 aliphatic carbocycles. The minimum atomic E-state index is -0.396. The molecule has 0 unspecified atom stereocenters. The van der Waals surface area contributed by atoms with E-state index in [-0.39, 0.29) is 18.1 Å². The fraction of sp³-hybridized carbons (Fsp3) is 0.467. The van der Waals surface area contributed by atoms with E-state index in [4.69, 9.17) is 9.94 Å². The van der Waals surface area contributed by atoms with Gasteiger partial charge in [0.1, 0.15) is 11.5 Å². The Labute approximate surface area is 129 Å². The number of phenols is 1. The van der Waals surface area contributed by atoms with Gasteiger partial charge in [0.05, 0.1) is 12.8 Å². The molecule has 0 fully saturated rings. The number of methoxy groups -OCH3 is 1. The highest BCUT2D eigenvalue weighted by Gasteiger charge is 2.07. The van der Waals surface area contributed by atoms with Gasteiger partial charge in [-0.1, -0.05) is 12.8 Å². The van der Waals surface area contributed by atoms with Gasteiger partial charge in [-0.15, -0.1) is 0 Å². The van der Waals surface area contributed by atoms with Crippen LogP contribution in [0.1, 0.15) is 38.5 Å². The first-order chi connectivity index (χ1) is 10.6. The van der Waals surface area contributed by atoms with Crippen molar-refractivity contribution in [2.45, 2.75) is 38.5 Å². The summed E-state index contributed by atoms with van der Waals surface area (Å²) in [5.74, 6) is -0.0913. The highest BCUT2D eigenvalue weighted by Crippen LogP contribution is 2.27. The summed E-state index contributed by atoms with van der Waals surface area (Å²) in [7, 11) is 1.50. The lowest BCUT2D eigenvalue weighted by Crippen LogP contribution is -2.17. The molecule has 7 heteroatoms. The van der Waals surface area contributed by atoms with Gasteiger partial charge in [0.25, 0.3) is 0 Å². The molecule has 0 atom stereocenters. The fourth-order valence-corrected chi connectivity index (χ4v) is 1.94. The van der Waals surface area contributed by atoms with Crippen LogP contribution < -0.4 is 15.5 Å². The van der Waals surface area contributed by atoms with Crippen molar-refractivity contribution in [3.8, 4) is 11.5 Å². The Morgan fingerprint density at radius 1 is 1.09 bits per heavy atom. The van der Waals surface area contributed by atoms with E-state index in [0.29, 0.717) is 30.7 Å². The smallest absolute Gasteiger partial charge is 0.243 e. The lowest BCUT2D eigenvalue weighted by molar-refractivity contribution is -0.129. The third-order valence-corrected chi connectivity index (χ3v) is 3.16. The zero-order chi connectivity index (χ0) is 16.4. The van der Waals surface area contributed by atoms with E-state index >= 15 is 0 Å². The fourth-order valence-electron chi connectivity index (χ4n) is 1.94. The van der Waals surface area contributed by atoms with Gasteiger partial charge < -0.3 is 15.2 Å². The Morgan fingerprint density at radius 3 is 2.27 bits per heavy atom. The van der Waals surface area contributed by atoms with Gasteiger partial charge in [-0.05, 0) is 25.0 Å². The van der Waals surface area contributed by atoms with Crippen LogP contribution in [-0.2, 0) is 9.59 Å². The van der Waals surface area contributed by atoms with Crippen molar-refractivity contribution in [1.29, 1.82) is 0 Å². The minimum Gasteiger partial charge on any atom is -0.506 e. The molecular formula is C15H22N2O5. The highest BCUT2D eigenvalue weighted by atomic mass is 16.5. The van der Waals surface area contributed by atoms with Gasteiger partial charge in [-0.2, -0.15) is 0 Å². The summed E-state index contributed by atoms with van der Waals surface area (Å²) in [5.41, 5.74) is 1.93. The number of carbonyl (C=O) groups is 2. The number of hydrogen-bond acceptors (Lipinski definition) is 5. The molecule has 1 aromatic carbocycles. The SMILES string of the molecule is COc1ccc(NC(=O)CCCCCCC(=O)NO)c(O)c1. The Kier molecular flexibility index (Phi) is 7.77. The van der Waals surface area contributed by atoms with E-state index < -0.39 is 5.91 Å². The third kappa shape index (κ3) is 6.45. The predicted octanol–water partition coefficient (Wildman–Crippen LogP) is 2.19. The number of rotatable bonds is 9. The summed E-state index contributed by atoms with van der Waals surface area (Å²) >= 11 is 0. The summed E-state index contributed by atoms with van der Waals surface area (Å²) in [4.78, 5) is 22.5. The zero-order valence-corrected chi connectivity index (χ0v) is 12.6. The van der Waals surface area contributed by atoms with E-state index in [1.807, 2.05) is 0 Å². The molecule has 0 aromatic heterocycles. The van der Waals surface area contributed by atoms with Crippen molar-refractivity contribution in [2.24, 2.45) is 0 Å². The van der Waals surface area contributed by atoms with Gasteiger partial charge >= 0.3 is 0 Å². The number of amides is 2. The largest absolute Gasteiger partial charge is 0.506 e. The first-order valence-electron chi connectivity index (χ1n) is 7.16. The molecule has 0 heterocycles. The van der Waals surface area contributed by atoms with E-state index in [2.05, 4.69) is 5.32 Å². The number of hydroxylamine groups is 1. The molecule has 122 valence electrons. The number of ether oxygens (including phenoxy) is 1. The van der Waals surface area contributed by atoms with Crippen LogP contribution in [0.5, 0.6) is 11.5 Å². The van der Waals surface area contributed by atoms with Crippen LogP contribution in [0, 0.1) is 0 Å². The Hall–Kier alpha value is -2.28. The summed E-state index contributed by atoms with van der Waals surface area (Å²) in [6.45, 7) is 0. The first-order valence-corrected chi connectivity index (χ1v) is 7.16. The highest BCUT2D eigenvalue weighted by molar-refractivity contribution is 5.92. The Morgan fingerprint density at radius 2 is 1.73 bits per heavy atom. The number of unbranched alkanes of at least 4 members (excludes halogenated alkanes) is 3. The van der Waals surface area contributed by atoms with Crippen molar-refractivity contribution >= 4 is 17.5 Å². The number of anilines is 1. The molecule has 0 spiro atoms.